The molecule has 3 heteroatoms. The molecule has 0 unspecified atom stereocenters. The number of benzene rings is 1. The molecule has 0 amide bonds. The topological polar surface area (TPSA) is 39.9 Å². The lowest BCUT2D eigenvalue weighted by Crippen LogP contribution is -1.70. The highest BCUT2D eigenvalue weighted by atomic mass is 15.3. The van der Waals surface area contributed by atoms with Crippen LogP contribution in [0.25, 0.3) is 11.0 Å². The van der Waals surface area contributed by atoms with E-state index in [0.717, 1.165) is 11.0 Å². The SMILES string of the molecule is c1ccc2n[n-]nc2c1. The Hall–Kier alpha value is -1.38. The number of hydrogen-bond acceptors (Lipinski definition) is 2. The van der Waals surface area contributed by atoms with Gasteiger partial charge in [0.15, 0.2) is 0 Å². The molecule has 0 aliphatic rings. The van der Waals surface area contributed by atoms with Crippen LogP contribution in [0.15, 0.2) is 24.3 Å². The Bertz CT molecular complexity index is 282. The number of fused-ring (bicyclic) bond motifs is 1. The smallest absolute Gasteiger partial charge is 0.0665 e. The van der Waals surface area contributed by atoms with Gasteiger partial charge in [0.25, 0.3) is 0 Å². The minimum atomic E-state index is 0.859. The Balaban J connectivity index is 2.95. The molecule has 0 saturated heterocycles. The molecule has 0 fully saturated rings. The van der Waals surface area contributed by atoms with Crippen LogP contribution in [-0.2, 0) is 0 Å². The van der Waals surface area contributed by atoms with Gasteiger partial charge in [0.1, 0.15) is 0 Å². The molecule has 1 aromatic carbocycles. The van der Waals surface area contributed by atoms with Crippen LogP contribution >= 0.6 is 0 Å². The molecule has 0 aliphatic heterocycles. The van der Waals surface area contributed by atoms with Crippen LogP contribution in [0.4, 0.5) is 0 Å². The van der Waals surface area contributed by atoms with E-state index in [1.807, 2.05) is 24.3 Å². The molecule has 0 aliphatic carbocycles. The average Bonchev–Trinajstić information content (AvgIpc) is 2.33. The molecule has 9 heavy (non-hydrogen) atoms. The minimum absolute atomic E-state index is 0.859. The molecule has 0 N–H and O–H groups in total. The Morgan fingerprint density at radius 2 is 1.56 bits per heavy atom. The third kappa shape index (κ3) is 0.579. The first-order valence-corrected chi connectivity index (χ1v) is 2.67. The molecule has 1 aromatic heterocycles. The van der Waals surface area contributed by atoms with Gasteiger partial charge < -0.3 is 15.4 Å². The minimum Gasteiger partial charge on any atom is -0.492 e. The van der Waals surface area contributed by atoms with Crippen LogP contribution in [0.2, 0.25) is 0 Å². The van der Waals surface area contributed by atoms with E-state index in [1.165, 1.54) is 0 Å². The Morgan fingerprint density at radius 3 is 2.11 bits per heavy atom. The van der Waals surface area contributed by atoms with Gasteiger partial charge in [-0.25, -0.2) is 0 Å². The summed E-state index contributed by atoms with van der Waals surface area (Å²) in [5, 5.41) is 11.0. The van der Waals surface area contributed by atoms with Crippen molar-refractivity contribution in [2.45, 2.75) is 0 Å². The van der Waals surface area contributed by atoms with Gasteiger partial charge in [-0.2, -0.15) is 0 Å². The van der Waals surface area contributed by atoms with Crippen molar-refractivity contribution in [3.05, 3.63) is 24.3 Å². The van der Waals surface area contributed by atoms with Crippen LogP contribution in [-0.4, -0.2) is 10.2 Å². The van der Waals surface area contributed by atoms with Crippen LogP contribution in [0.1, 0.15) is 0 Å². The van der Waals surface area contributed by atoms with Crippen LogP contribution in [0, 0.1) is 0 Å². The van der Waals surface area contributed by atoms with Gasteiger partial charge in [0, 0.05) is 0 Å². The van der Waals surface area contributed by atoms with Gasteiger partial charge in [-0.15, -0.1) is 0 Å². The van der Waals surface area contributed by atoms with E-state index in [2.05, 4.69) is 15.4 Å². The summed E-state index contributed by atoms with van der Waals surface area (Å²) < 4.78 is 0. The first-order valence-electron chi connectivity index (χ1n) is 2.67. The summed E-state index contributed by atoms with van der Waals surface area (Å²) in [6.07, 6.45) is 0. The highest BCUT2D eigenvalue weighted by molar-refractivity contribution is 5.72. The molecule has 0 saturated carbocycles. The van der Waals surface area contributed by atoms with Crippen LogP contribution in [0.5, 0.6) is 0 Å². The van der Waals surface area contributed by atoms with Gasteiger partial charge in [-0.1, -0.05) is 12.1 Å². The molecule has 44 valence electrons. The van der Waals surface area contributed by atoms with E-state index in [0.29, 0.717) is 0 Å². The summed E-state index contributed by atoms with van der Waals surface area (Å²) in [5.74, 6) is 0. The second kappa shape index (κ2) is 1.55. The molecule has 0 radical (unpaired) electrons. The van der Waals surface area contributed by atoms with E-state index in [1.54, 1.807) is 0 Å². The quantitative estimate of drug-likeness (QED) is 0.508. The van der Waals surface area contributed by atoms with Gasteiger partial charge >= 0.3 is 0 Å². The van der Waals surface area contributed by atoms with Crippen LogP contribution in [0.3, 0.4) is 0 Å². The zero-order valence-electron chi connectivity index (χ0n) is 4.65. The zero-order chi connectivity index (χ0) is 6.10. The Kier molecular flexibility index (Phi) is 0.773. The largest absolute Gasteiger partial charge is 0.492 e. The fourth-order valence-electron chi connectivity index (χ4n) is 0.752. The van der Waals surface area contributed by atoms with E-state index >= 15 is 0 Å². The highest BCUT2D eigenvalue weighted by Crippen LogP contribution is 2.03. The first kappa shape index (κ1) is 4.49. The Morgan fingerprint density at radius 1 is 1.00 bits per heavy atom. The Labute approximate surface area is 51.7 Å². The summed E-state index contributed by atoms with van der Waals surface area (Å²) in [4.78, 5) is 0. The average molecular weight is 118 g/mol. The normalized spacial score (nSPS) is 10.2. The third-order valence-electron chi connectivity index (χ3n) is 1.19. The second-order valence-corrected chi connectivity index (χ2v) is 1.78. The lowest BCUT2D eigenvalue weighted by Gasteiger charge is -1.82. The third-order valence-corrected chi connectivity index (χ3v) is 1.19. The molecule has 0 spiro atoms. The van der Waals surface area contributed by atoms with E-state index in [-0.39, 0.29) is 0 Å². The molecular weight excluding hydrogens is 114 g/mol. The van der Waals surface area contributed by atoms with Crippen molar-refractivity contribution in [2.24, 2.45) is 0 Å². The van der Waals surface area contributed by atoms with E-state index in [9.17, 15) is 0 Å². The molecule has 0 bridgehead atoms. The summed E-state index contributed by atoms with van der Waals surface area (Å²) >= 11 is 0. The number of rotatable bonds is 0. The maximum atomic E-state index is 3.76. The molecule has 1 heterocycles. The monoisotopic (exact) mass is 118 g/mol. The first-order chi connectivity index (χ1) is 4.47. The van der Waals surface area contributed by atoms with Gasteiger partial charge in [-0.3, -0.25) is 0 Å². The lowest BCUT2D eigenvalue weighted by molar-refractivity contribution is 0.928. The maximum absolute atomic E-state index is 3.76. The van der Waals surface area contributed by atoms with Crippen molar-refractivity contribution in [1.82, 2.24) is 15.4 Å². The van der Waals surface area contributed by atoms with Gasteiger partial charge in [0.05, 0.1) is 11.0 Å². The van der Waals surface area contributed by atoms with Crippen molar-refractivity contribution in [1.29, 1.82) is 0 Å². The summed E-state index contributed by atoms with van der Waals surface area (Å²) in [6, 6.07) is 7.60. The van der Waals surface area contributed by atoms with Crippen LogP contribution < -0.4 is 5.21 Å². The second-order valence-electron chi connectivity index (χ2n) is 1.78. The van der Waals surface area contributed by atoms with Crippen molar-refractivity contribution in [3.8, 4) is 0 Å². The number of aromatic nitrogens is 3. The van der Waals surface area contributed by atoms with E-state index in [4.69, 9.17) is 0 Å². The van der Waals surface area contributed by atoms with E-state index < -0.39 is 0 Å². The lowest BCUT2D eigenvalue weighted by atomic mass is 10.3. The summed E-state index contributed by atoms with van der Waals surface area (Å²) in [7, 11) is 0. The molecule has 2 rings (SSSR count). The predicted molar refractivity (Wildman–Crippen MR) is 32.9 cm³/mol. The number of nitrogens with zero attached hydrogens (tertiary/aromatic N) is 3. The summed E-state index contributed by atoms with van der Waals surface area (Å²) in [5.41, 5.74) is 1.72. The molecular formula is C6H4N3-. The highest BCUT2D eigenvalue weighted by Gasteiger charge is 1.84. The number of hydrogen-bond donors (Lipinski definition) is 0. The predicted octanol–water partition coefficient (Wildman–Crippen LogP) is 0.587. The standard InChI is InChI=1S/C6H4N3/c1-2-4-6-5(3-1)7-9-8-6/h1-4H/q-1. The van der Waals surface area contributed by atoms with Crippen molar-refractivity contribution in [3.63, 3.8) is 0 Å². The maximum Gasteiger partial charge on any atom is 0.0665 e. The molecule has 3 nitrogen and oxygen atoms in total. The van der Waals surface area contributed by atoms with Gasteiger partial charge in [0.2, 0.25) is 0 Å². The summed E-state index contributed by atoms with van der Waals surface area (Å²) in [6.45, 7) is 0. The van der Waals surface area contributed by atoms with Crippen molar-refractivity contribution >= 4 is 11.0 Å². The fraction of sp³-hybridized carbons (Fsp3) is 0. The van der Waals surface area contributed by atoms with Gasteiger partial charge in [-0.05, 0) is 12.1 Å². The van der Waals surface area contributed by atoms with Crippen molar-refractivity contribution < 1.29 is 0 Å². The molecule has 2 aromatic rings. The molecule has 0 atom stereocenters. The fourth-order valence-corrected chi connectivity index (χ4v) is 0.752. The van der Waals surface area contributed by atoms with Crippen molar-refractivity contribution in [2.75, 3.05) is 0 Å². The zero-order valence-corrected chi connectivity index (χ0v) is 4.65.